The van der Waals surface area contributed by atoms with E-state index in [2.05, 4.69) is 5.32 Å². The lowest BCUT2D eigenvalue weighted by Crippen LogP contribution is -2.20. The van der Waals surface area contributed by atoms with Crippen LogP contribution in [-0.4, -0.2) is 18.5 Å². The van der Waals surface area contributed by atoms with E-state index >= 15 is 0 Å². The van der Waals surface area contributed by atoms with Crippen molar-refractivity contribution >= 4 is 46.8 Å². The van der Waals surface area contributed by atoms with Crippen LogP contribution in [0.15, 0.2) is 78.9 Å². The molecule has 152 valence electrons. The van der Waals surface area contributed by atoms with Crippen LogP contribution >= 0.6 is 23.2 Å². The lowest BCUT2D eigenvalue weighted by Gasteiger charge is -2.08. The summed E-state index contributed by atoms with van der Waals surface area (Å²) >= 11 is 11.9. The molecule has 0 atom stereocenters. The van der Waals surface area contributed by atoms with Gasteiger partial charge in [-0.1, -0.05) is 47.5 Å². The predicted molar refractivity (Wildman–Crippen MR) is 118 cm³/mol. The highest BCUT2D eigenvalue weighted by molar-refractivity contribution is 6.35. The average Bonchev–Trinajstić information content (AvgIpc) is 2.74. The van der Waals surface area contributed by atoms with Crippen LogP contribution in [0.2, 0.25) is 10.0 Å². The smallest absolute Gasteiger partial charge is 0.331 e. The highest BCUT2D eigenvalue weighted by Crippen LogP contribution is 2.23. The van der Waals surface area contributed by atoms with Gasteiger partial charge in [0.25, 0.3) is 5.91 Å². The van der Waals surface area contributed by atoms with Crippen molar-refractivity contribution in [1.82, 2.24) is 0 Å². The maximum Gasteiger partial charge on any atom is 0.331 e. The summed E-state index contributed by atoms with van der Waals surface area (Å²) in [6, 6.07) is 21.1. The van der Waals surface area contributed by atoms with Crippen LogP contribution in [0.25, 0.3) is 6.08 Å². The Labute approximate surface area is 183 Å². The predicted octanol–water partition coefficient (Wildman–Crippen LogP) is 5.98. The number of hydrogen-bond acceptors (Lipinski definition) is 4. The zero-order valence-electron chi connectivity index (χ0n) is 15.7. The van der Waals surface area contributed by atoms with Crippen molar-refractivity contribution in [1.29, 1.82) is 0 Å². The van der Waals surface area contributed by atoms with Crippen molar-refractivity contribution in [2.24, 2.45) is 0 Å². The summed E-state index contributed by atoms with van der Waals surface area (Å²) in [6.45, 7) is -0.417. The molecule has 0 aromatic heterocycles. The maximum absolute atomic E-state index is 12.0. The summed E-state index contributed by atoms with van der Waals surface area (Å²) in [5.74, 6) is 0.228. The van der Waals surface area contributed by atoms with E-state index in [4.69, 9.17) is 32.7 Å². The first-order chi connectivity index (χ1) is 14.5. The van der Waals surface area contributed by atoms with Crippen LogP contribution in [0.1, 0.15) is 5.56 Å². The van der Waals surface area contributed by atoms with E-state index < -0.39 is 18.5 Å². The van der Waals surface area contributed by atoms with Crippen molar-refractivity contribution in [2.75, 3.05) is 11.9 Å². The Morgan fingerprint density at radius 3 is 2.30 bits per heavy atom. The molecular weight excluding hydrogens is 425 g/mol. The molecule has 0 radical (unpaired) electrons. The SMILES string of the molecule is O=C(COC(=O)/C=C/c1ccc(Cl)cc1Cl)Nc1ccc(Oc2ccccc2)cc1. The van der Waals surface area contributed by atoms with Crippen LogP contribution < -0.4 is 10.1 Å². The average molecular weight is 442 g/mol. The maximum atomic E-state index is 12.0. The van der Waals surface area contributed by atoms with Gasteiger partial charge in [-0.3, -0.25) is 4.79 Å². The second-order valence-electron chi connectivity index (χ2n) is 6.09. The molecular formula is C23H17Cl2NO4. The van der Waals surface area contributed by atoms with Crippen LogP contribution in [-0.2, 0) is 14.3 Å². The van der Waals surface area contributed by atoms with Gasteiger partial charge in [0, 0.05) is 21.8 Å². The third-order valence-electron chi connectivity index (χ3n) is 3.82. The van der Waals surface area contributed by atoms with Gasteiger partial charge in [-0.2, -0.15) is 0 Å². The number of carbonyl (C=O) groups excluding carboxylic acids is 2. The first-order valence-corrected chi connectivity index (χ1v) is 9.68. The standard InChI is InChI=1S/C23H17Cl2NO4/c24-17-8-6-16(21(25)14-17)7-13-23(28)29-15-22(27)26-18-9-11-20(12-10-18)30-19-4-2-1-3-5-19/h1-14H,15H2,(H,26,27)/b13-7+. The molecule has 0 unspecified atom stereocenters. The topological polar surface area (TPSA) is 64.6 Å². The molecule has 0 aliphatic heterocycles. The molecule has 0 spiro atoms. The molecule has 0 fully saturated rings. The molecule has 7 heteroatoms. The zero-order chi connectivity index (χ0) is 21.3. The van der Waals surface area contributed by atoms with Gasteiger partial charge >= 0.3 is 5.97 Å². The minimum absolute atomic E-state index is 0.406. The van der Waals surface area contributed by atoms with Crippen molar-refractivity contribution in [3.8, 4) is 11.5 Å². The van der Waals surface area contributed by atoms with Gasteiger partial charge in [-0.05, 0) is 60.2 Å². The van der Waals surface area contributed by atoms with Crippen molar-refractivity contribution < 1.29 is 19.1 Å². The van der Waals surface area contributed by atoms with E-state index in [1.54, 1.807) is 42.5 Å². The zero-order valence-corrected chi connectivity index (χ0v) is 17.2. The first kappa shape index (κ1) is 21.4. The number of ether oxygens (including phenoxy) is 2. The fraction of sp³-hybridized carbons (Fsp3) is 0.0435. The molecule has 1 N–H and O–H groups in total. The molecule has 3 aromatic rings. The Balaban J connectivity index is 1.46. The lowest BCUT2D eigenvalue weighted by atomic mass is 10.2. The molecule has 30 heavy (non-hydrogen) atoms. The van der Waals surface area contributed by atoms with Crippen molar-refractivity contribution in [3.63, 3.8) is 0 Å². The van der Waals surface area contributed by atoms with E-state index in [-0.39, 0.29) is 0 Å². The van der Waals surface area contributed by atoms with Crippen LogP contribution in [0.5, 0.6) is 11.5 Å². The molecule has 0 saturated heterocycles. The number of esters is 1. The van der Waals surface area contributed by atoms with Gasteiger partial charge < -0.3 is 14.8 Å². The number of amides is 1. The van der Waals surface area contributed by atoms with E-state index in [9.17, 15) is 9.59 Å². The number of nitrogens with one attached hydrogen (secondary N) is 1. The third kappa shape index (κ3) is 6.65. The van der Waals surface area contributed by atoms with Crippen LogP contribution in [0.4, 0.5) is 5.69 Å². The van der Waals surface area contributed by atoms with Gasteiger partial charge in [-0.25, -0.2) is 4.79 Å². The molecule has 0 heterocycles. The largest absolute Gasteiger partial charge is 0.457 e. The van der Waals surface area contributed by atoms with Crippen molar-refractivity contribution in [3.05, 3.63) is 94.5 Å². The number of carbonyl (C=O) groups is 2. The molecule has 3 aromatic carbocycles. The van der Waals surface area contributed by atoms with Crippen LogP contribution in [0, 0.1) is 0 Å². The Kier molecular flexibility index (Phi) is 7.49. The fourth-order valence-electron chi connectivity index (χ4n) is 2.41. The Morgan fingerprint density at radius 1 is 0.900 bits per heavy atom. The Bertz CT molecular complexity index is 1050. The summed E-state index contributed by atoms with van der Waals surface area (Å²) in [5.41, 5.74) is 1.17. The van der Waals surface area contributed by atoms with E-state index in [1.165, 1.54) is 12.2 Å². The summed E-state index contributed by atoms with van der Waals surface area (Å²) in [5, 5.41) is 3.55. The molecule has 5 nitrogen and oxygen atoms in total. The second-order valence-corrected chi connectivity index (χ2v) is 6.94. The summed E-state index contributed by atoms with van der Waals surface area (Å²) in [4.78, 5) is 23.8. The van der Waals surface area contributed by atoms with Gasteiger partial charge in [-0.15, -0.1) is 0 Å². The van der Waals surface area contributed by atoms with E-state index in [0.29, 0.717) is 32.8 Å². The van der Waals surface area contributed by atoms with E-state index in [0.717, 1.165) is 0 Å². The number of benzene rings is 3. The number of anilines is 1. The highest BCUT2D eigenvalue weighted by atomic mass is 35.5. The molecule has 3 rings (SSSR count). The Morgan fingerprint density at radius 2 is 1.60 bits per heavy atom. The normalized spacial score (nSPS) is 10.6. The monoisotopic (exact) mass is 441 g/mol. The lowest BCUT2D eigenvalue weighted by molar-refractivity contribution is -0.142. The molecule has 0 saturated carbocycles. The minimum atomic E-state index is -0.664. The van der Waals surface area contributed by atoms with Gasteiger partial charge in [0.2, 0.25) is 0 Å². The Hall–Kier alpha value is -3.28. The first-order valence-electron chi connectivity index (χ1n) is 8.92. The fourth-order valence-corrected chi connectivity index (χ4v) is 2.88. The molecule has 0 bridgehead atoms. The highest BCUT2D eigenvalue weighted by Gasteiger charge is 2.07. The number of hydrogen-bond donors (Lipinski definition) is 1. The molecule has 0 aliphatic rings. The number of halogens is 2. The van der Waals surface area contributed by atoms with Crippen molar-refractivity contribution in [2.45, 2.75) is 0 Å². The summed E-state index contributed by atoms with van der Waals surface area (Å²) < 4.78 is 10.6. The van der Waals surface area contributed by atoms with Gasteiger partial charge in [0.15, 0.2) is 6.61 Å². The van der Waals surface area contributed by atoms with Gasteiger partial charge in [0.1, 0.15) is 11.5 Å². The van der Waals surface area contributed by atoms with E-state index in [1.807, 2.05) is 30.3 Å². The third-order valence-corrected chi connectivity index (χ3v) is 4.39. The quantitative estimate of drug-likeness (QED) is 0.361. The van der Waals surface area contributed by atoms with Crippen LogP contribution in [0.3, 0.4) is 0 Å². The summed E-state index contributed by atoms with van der Waals surface area (Å²) in [7, 11) is 0. The molecule has 0 aliphatic carbocycles. The molecule has 1 amide bonds. The minimum Gasteiger partial charge on any atom is -0.457 e. The number of rotatable bonds is 7. The number of para-hydroxylation sites is 1. The second kappa shape index (κ2) is 10.5. The summed E-state index contributed by atoms with van der Waals surface area (Å²) in [6.07, 6.45) is 2.68. The van der Waals surface area contributed by atoms with Gasteiger partial charge in [0.05, 0.1) is 0 Å².